The van der Waals surface area contributed by atoms with Gasteiger partial charge < -0.3 is 20.1 Å². The fourth-order valence-corrected chi connectivity index (χ4v) is 3.73. The first-order valence-electron chi connectivity index (χ1n) is 8.18. The molecule has 1 aliphatic carbocycles. The molecule has 2 N–H and O–H groups in total. The first kappa shape index (κ1) is 16.6. The summed E-state index contributed by atoms with van der Waals surface area (Å²) in [6, 6.07) is 0.408. The summed E-state index contributed by atoms with van der Waals surface area (Å²) in [7, 11) is 0. The van der Waals surface area contributed by atoms with E-state index < -0.39 is 5.60 Å². The first-order valence-corrected chi connectivity index (χ1v) is 8.18. The Hall–Kier alpha value is -0.810. The van der Waals surface area contributed by atoms with Crippen molar-refractivity contribution in [3.8, 4) is 0 Å². The molecule has 1 aliphatic heterocycles. The van der Waals surface area contributed by atoms with E-state index in [0.717, 1.165) is 32.4 Å². The van der Waals surface area contributed by atoms with Gasteiger partial charge in [-0.2, -0.15) is 0 Å². The zero-order chi connectivity index (χ0) is 15.5. The average molecular weight is 298 g/mol. The number of hydrogen-bond donors (Lipinski definition) is 2. The Balaban J connectivity index is 1.98. The number of amides is 1. The minimum Gasteiger partial charge on any atom is -0.444 e. The molecule has 1 saturated heterocycles. The van der Waals surface area contributed by atoms with Gasteiger partial charge in [0.1, 0.15) is 5.60 Å². The zero-order valence-electron chi connectivity index (χ0n) is 13.7. The van der Waals surface area contributed by atoms with Crippen LogP contribution in [0, 0.1) is 5.41 Å². The van der Waals surface area contributed by atoms with Crippen molar-refractivity contribution in [3.63, 3.8) is 0 Å². The summed E-state index contributed by atoms with van der Waals surface area (Å²) in [6.07, 6.45) is 5.62. The predicted octanol–water partition coefficient (Wildman–Crippen LogP) is 2.14. The number of ether oxygens (including phenoxy) is 1. The second-order valence-electron chi connectivity index (χ2n) is 7.49. The Labute approximate surface area is 128 Å². The molecule has 1 amide bonds. The van der Waals surface area contributed by atoms with E-state index in [9.17, 15) is 4.79 Å². The van der Waals surface area contributed by atoms with Gasteiger partial charge in [0, 0.05) is 31.1 Å². The molecule has 21 heavy (non-hydrogen) atoms. The van der Waals surface area contributed by atoms with Crippen LogP contribution in [0.1, 0.15) is 52.9 Å². The lowest BCUT2D eigenvalue weighted by Crippen LogP contribution is -2.50. The summed E-state index contributed by atoms with van der Waals surface area (Å²) in [5, 5.41) is 12.5. The second-order valence-corrected chi connectivity index (χ2v) is 7.49. The van der Waals surface area contributed by atoms with Gasteiger partial charge >= 0.3 is 6.09 Å². The van der Waals surface area contributed by atoms with E-state index in [1.165, 1.54) is 12.8 Å². The van der Waals surface area contributed by atoms with Gasteiger partial charge in [0.15, 0.2) is 0 Å². The van der Waals surface area contributed by atoms with Gasteiger partial charge in [-0.3, -0.25) is 0 Å². The molecule has 5 nitrogen and oxygen atoms in total. The van der Waals surface area contributed by atoms with Crippen LogP contribution in [0.3, 0.4) is 0 Å². The van der Waals surface area contributed by atoms with Crippen LogP contribution in [0.2, 0.25) is 0 Å². The van der Waals surface area contributed by atoms with Crippen molar-refractivity contribution in [2.75, 3.05) is 26.2 Å². The maximum absolute atomic E-state index is 12.3. The van der Waals surface area contributed by atoms with Crippen LogP contribution in [0.15, 0.2) is 0 Å². The van der Waals surface area contributed by atoms with Gasteiger partial charge in [-0.05, 0) is 40.0 Å². The summed E-state index contributed by atoms with van der Waals surface area (Å²) < 4.78 is 5.50. The van der Waals surface area contributed by atoms with Crippen LogP contribution in [0.4, 0.5) is 4.79 Å². The number of rotatable bonds is 3. The van der Waals surface area contributed by atoms with E-state index in [2.05, 4.69) is 5.32 Å². The largest absolute Gasteiger partial charge is 0.444 e. The van der Waals surface area contributed by atoms with Crippen molar-refractivity contribution < 1.29 is 14.6 Å². The summed E-state index contributed by atoms with van der Waals surface area (Å²) in [5.74, 6) is 0. The minimum absolute atomic E-state index is 0.169. The van der Waals surface area contributed by atoms with E-state index in [-0.39, 0.29) is 18.1 Å². The predicted molar refractivity (Wildman–Crippen MR) is 82.2 cm³/mol. The van der Waals surface area contributed by atoms with Crippen molar-refractivity contribution in [3.05, 3.63) is 0 Å². The second kappa shape index (κ2) is 6.53. The quantitative estimate of drug-likeness (QED) is 0.838. The molecule has 1 spiro atoms. The third-order valence-electron chi connectivity index (χ3n) is 4.70. The number of aliphatic hydroxyl groups is 1. The minimum atomic E-state index is -0.437. The van der Waals surface area contributed by atoms with Crippen molar-refractivity contribution in [1.29, 1.82) is 0 Å². The van der Waals surface area contributed by atoms with Crippen LogP contribution in [0.25, 0.3) is 0 Å². The lowest BCUT2D eigenvalue weighted by Gasteiger charge is -2.42. The molecule has 0 radical (unpaired) electrons. The van der Waals surface area contributed by atoms with Crippen LogP contribution in [0.5, 0.6) is 0 Å². The summed E-state index contributed by atoms with van der Waals surface area (Å²) >= 11 is 0. The SMILES string of the molecule is CC(C)(C)OC(=O)N1CCC2(CCCCC2NCCO)C1. The van der Waals surface area contributed by atoms with Crippen molar-refractivity contribution in [2.45, 2.75) is 64.5 Å². The van der Waals surface area contributed by atoms with Gasteiger partial charge in [-0.15, -0.1) is 0 Å². The van der Waals surface area contributed by atoms with Crippen molar-refractivity contribution in [2.24, 2.45) is 5.41 Å². The van der Waals surface area contributed by atoms with E-state index in [1.54, 1.807) is 0 Å². The number of carbonyl (C=O) groups is 1. The highest BCUT2D eigenvalue weighted by atomic mass is 16.6. The summed E-state index contributed by atoms with van der Waals surface area (Å²) in [6.45, 7) is 8.09. The topological polar surface area (TPSA) is 61.8 Å². The Kier molecular flexibility index (Phi) is 5.15. The Morgan fingerprint density at radius 1 is 1.38 bits per heavy atom. The smallest absolute Gasteiger partial charge is 0.410 e. The monoisotopic (exact) mass is 298 g/mol. The van der Waals surface area contributed by atoms with E-state index in [1.807, 2.05) is 25.7 Å². The van der Waals surface area contributed by atoms with Gasteiger partial charge in [0.2, 0.25) is 0 Å². The average Bonchev–Trinajstić information content (AvgIpc) is 2.81. The molecule has 2 fully saturated rings. The molecule has 0 bridgehead atoms. The van der Waals surface area contributed by atoms with E-state index in [0.29, 0.717) is 12.6 Å². The van der Waals surface area contributed by atoms with Crippen LogP contribution >= 0.6 is 0 Å². The maximum Gasteiger partial charge on any atom is 0.410 e. The van der Waals surface area contributed by atoms with Gasteiger partial charge in [0.25, 0.3) is 0 Å². The lowest BCUT2D eigenvalue weighted by atomic mass is 9.69. The molecule has 1 heterocycles. The van der Waals surface area contributed by atoms with Crippen molar-refractivity contribution in [1.82, 2.24) is 10.2 Å². The number of nitrogens with one attached hydrogen (secondary N) is 1. The van der Waals surface area contributed by atoms with Gasteiger partial charge in [0.05, 0.1) is 6.61 Å². The highest BCUT2D eigenvalue weighted by Crippen LogP contribution is 2.44. The normalized spacial score (nSPS) is 29.9. The molecule has 2 atom stereocenters. The molecule has 122 valence electrons. The standard InChI is InChI=1S/C16H30N2O3/c1-15(2,3)21-14(20)18-10-8-16(12-18)7-5-4-6-13(16)17-9-11-19/h13,17,19H,4-12H2,1-3H3. The Bertz CT molecular complexity index is 367. The third-order valence-corrected chi connectivity index (χ3v) is 4.70. The van der Waals surface area contributed by atoms with Crippen LogP contribution in [-0.2, 0) is 4.74 Å². The number of hydrogen-bond acceptors (Lipinski definition) is 4. The zero-order valence-corrected chi connectivity index (χ0v) is 13.7. The summed E-state index contributed by atoms with van der Waals surface area (Å²) in [5.41, 5.74) is -0.266. The maximum atomic E-state index is 12.3. The number of likely N-dealkylation sites (tertiary alicyclic amines) is 1. The fraction of sp³-hybridized carbons (Fsp3) is 0.938. The third kappa shape index (κ3) is 4.10. The Morgan fingerprint density at radius 3 is 2.81 bits per heavy atom. The molecule has 0 aromatic carbocycles. The molecule has 1 saturated carbocycles. The van der Waals surface area contributed by atoms with E-state index >= 15 is 0 Å². The van der Waals surface area contributed by atoms with Crippen LogP contribution in [-0.4, -0.2) is 54.0 Å². The van der Waals surface area contributed by atoms with Crippen molar-refractivity contribution >= 4 is 6.09 Å². The van der Waals surface area contributed by atoms with Crippen LogP contribution < -0.4 is 5.32 Å². The number of nitrogens with zero attached hydrogens (tertiary/aromatic N) is 1. The van der Waals surface area contributed by atoms with Gasteiger partial charge in [-0.1, -0.05) is 12.8 Å². The molecular weight excluding hydrogens is 268 g/mol. The highest BCUT2D eigenvalue weighted by Gasteiger charge is 2.47. The molecule has 2 rings (SSSR count). The molecule has 2 aliphatic rings. The molecule has 2 unspecified atom stereocenters. The van der Waals surface area contributed by atoms with Gasteiger partial charge in [-0.25, -0.2) is 4.79 Å². The molecule has 0 aromatic rings. The first-order chi connectivity index (χ1) is 9.86. The molecule has 0 aromatic heterocycles. The number of aliphatic hydroxyl groups excluding tert-OH is 1. The Morgan fingerprint density at radius 2 is 2.14 bits per heavy atom. The van der Waals surface area contributed by atoms with E-state index in [4.69, 9.17) is 9.84 Å². The summed E-state index contributed by atoms with van der Waals surface area (Å²) in [4.78, 5) is 14.1. The number of carbonyl (C=O) groups excluding carboxylic acids is 1. The fourth-order valence-electron chi connectivity index (χ4n) is 3.73. The molecular formula is C16H30N2O3. The highest BCUT2D eigenvalue weighted by molar-refractivity contribution is 5.68. The molecule has 5 heteroatoms. The lowest BCUT2D eigenvalue weighted by molar-refractivity contribution is 0.0246.